The average molecular weight is 428 g/mol. The quantitative estimate of drug-likeness (QED) is 0.663. The number of hydrogen-bond acceptors (Lipinski definition) is 6. The van der Waals surface area contributed by atoms with Crippen LogP contribution in [0.3, 0.4) is 0 Å². The Morgan fingerprint density at radius 2 is 2.03 bits per heavy atom. The van der Waals surface area contributed by atoms with Gasteiger partial charge in [-0.1, -0.05) is 12.1 Å². The summed E-state index contributed by atoms with van der Waals surface area (Å²) in [5.74, 6) is 0.287. The van der Waals surface area contributed by atoms with E-state index in [9.17, 15) is 18.0 Å². The van der Waals surface area contributed by atoms with Gasteiger partial charge in [-0.05, 0) is 35.9 Å². The smallest absolute Gasteiger partial charge is 0.419 e. The number of fused-ring (bicyclic) bond motifs is 1. The summed E-state index contributed by atoms with van der Waals surface area (Å²) in [5.41, 5.74) is -0.986. The molecule has 0 amide bonds. The second kappa shape index (κ2) is 8.02. The van der Waals surface area contributed by atoms with Gasteiger partial charge in [0.15, 0.2) is 0 Å². The molecule has 1 aliphatic heterocycles. The molecule has 0 radical (unpaired) electrons. The number of benzene rings is 2. The van der Waals surface area contributed by atoms with Gasteiger partial charge in [-0.3, -0.25) is 4.57 Å². The van der Waals surface area contributed by atoms with Crippen molar-refractivity contribution in [3.63, 3.8) is 0 Å². The van der Waals surface area contributed by atoms with E-state index in [1.54, 1.807) is 0 Å². The van der Waals surface area contributed by atoms with E-state index in [0.29, 0.717) is 18.9 Å². The summed E-state index contributed by atoms with van der Waals surface area (Å²) in [6.45, 7) is 0.867. The van der Waals surface area contributed by atoms with Crippen molar-refractivity contribution >= 4 is 5.82 Å². The van der Waals surface area contributed by atoms with E-state index < -0.39 is 23.2 Å². The molecule has 2 heterocycles. The lowest BCUT2D eigenvalue weighted by molar-refractivity contribution is -0.138. The molecule has 10 heteroatoms. The van der Waals surface area contributed by atoms with Crippen molar-refractivity contribution in [3.8, 4) is 23.4 Å². The van der Waals surface area contributed by atoms with Gasteiger partial charge < -0.3 is 14.8 Å². The van der Waals surface area contributed by atoms with Gasteiger partial charge in [0.05, 0.1) is 17.2 Å². The number of halogens is 3. The standard InChI is InChI=1S/C21H15F3N4O3/c22-21(23,24)16-9-14(4-5-17(16)31-15-3-1-2-13(8-15)11-25)12-30-19-10-18-26-6-7-28(18)20(29)27-19/h1-5,8-10,26H,6-7,12H2. The Morgan fingerprint density at radius 3 is 2.81 bits per heavy atom. The van der Waals surface area contributed by atoms with Crippen molar-refractivity contribution in [1.29, 1.82) is 5.26 Å². The molecule has 7 nitrogen and oxygen atoms in total. The third-order valence-electron chi connectivity index (χ3n) is 4.56. The number of alkyl halides is 3. The minimum Gasteiger partial charge on any atom is -0.473 e. The van der Waals surface area contributed by atoms with Crippen LogP contribution in [0.4, 0.5) is 19.0 Å². The molecular formula is C21H15F3N4O3. The second-order valence-corrected chi connectivity index (χ2v) is 6.70. The van der Waals surface area contributed by atoms with Crippen LogP contribution in [0.1, 0.15) is 16.7 Å². The van der Waals surface area contributed by atoms with Crippen LogP contribution in [0.5, 0.6) is 17.4 Å². The lowest BCUT2D eigenvalue weighted by Crippen LogP contribution is -2.21. The zero-order chi connectivity index (χ0) is 22.0. The maximum Gasteiger partial charge on any atom is 0.419 e. The van der Waals surface area contributed by atoms with Gasteiger partial charge in [-0.2, -0.15) is 23.4 Å². The molecular weight excluding hydrogens is 413 g/mol. The third kappa shape index (κ3) is 4.45. The van der Waals surface area contributed by atoms with Crippen LogP contribution >= 0.6 is 0 Å². The van der Waals surface area contributed by atoms with Crippen LogP contribution in [0.25, 0.3) is 0 Å². The van der Waals surface area contributed by atoms with E-state index in [-0.39, 0.29) is 29.4 Å². The number of rotatable bonds is 5. The van der Waals surface area contributed by atoms with Gasteiger partial charge in [0.2, 0.25) is 5.88 Å². The average Bonchev–Trinajstić information content (AvgIpc) is 3.22. The summed E-state index contributed by atoms with van der Waals surface area (Å²) in [5, 5.41) is 11.9. The van der Waals surface area contributed by atoms with Crippen molar-refractivity contribution in [3.05, 3.63) is 75.7 Å². The van der Waals surface area contributed by atoms with Gasteiger partial charge in [-0.25, -0.2) is 4.79 Å². The summed E-state index contributed by atoms with van der Waals surface area (Å²) in [4.78, 5) is 15.7. The van der Waals surface area contributed by atoms with Crippen molar-refractivity contribution < 1.29 is 22.6 Å². The van der Waals surface area contributed by atoms with E-state index >= 15 is 0 Å². The number of nitriles is 1. The van der Waals surface area contributed by atoms with E-state index in [0.717, 1.165) is 6.07 Å². The molecule has 0 atom stereocenters. The van der Waals surface area contributed by atoms with Crippen molar-refractivity contribution in [1.82, 2.24) is 9.55 Å². The number of anilines is 1. The number of aromatic nitrogens is 2. The summed E-state index contributed by atoms with van der Waals surface area (Å²) in [6.07, 6.45) is -4.67. The first kappa shape index (κ1) is 20.3. The summed E-state index contributed by atoms with van der Waals surface area (Å²) >= 11 is 0. The minimum absolute atomic E-state index is 0.0212. The second-order valence-electron chi connectivity index (χ2n) is 6.70. The minimum atomic E-state index is -4.67. The van der Waals surface area contributed by atoms with Gasteiger partial charge >= 0.3 is 11.9 Å². The lowest BCUT2D eigenvalue weighted by Gasteiger charge is -2.15. The zero-order valence-corrected chi connectivity index (χ0v) is 15.9. The van der Waals surface area contributed by atoms with Crippen molar-refractivity contribution in [2.45, 2.75) is 19.3 Å². The maximum atomic E-state index is 13.6. The molecule has 1 aromatic heterocycles. The fraction of sp³-hybridized carbons (Fsp3) is 0.190. The lowest BCUT2D eigenvalue weighted by atomic mass is 10.1. The molecule has 0 bridgehead atoms. The van der Waals surface area contributed by atoms with Gasteiger partial charge in [0, 0.05) is 19.2 Å². The molecule has 1 N–H and O–H groups in total. The van der Waals surface area contributed by atoms with Gasteiger partial charge in [-0.15, -0.1) is 0 Å². The predicted molar refractivity (Wildman–Crippen MR) is 104 cm³/mol. The number of nitrogens with zero attached hydrogens (tertiary/aromatic N) is 3. The van der Waals surface area contributed by atoms with E-state index in [2.05, 4.69) is 10.3 Å². The van der Waals surface area contributed by atoms with Crippen molar-refractivity contribution in [2.75, 3.05) is 11.9 Å². The predicted octanol–water partition coefficient (Wildman–Crippen LogP) is 3.93. The maximum absolute atomic E-state index is 13.6. The molecule has 4 rings (SSSR count). The zero-order valence-electron chi connectivity index (χ0n) is 15.9. The van der Waals surface area contributed by atoms with Crippen LogP contribution in [0.2, 0.25) is 0 Å². The molecule has 31 heavy (non-hydrogen) atoms. The summed E-state index contributed by atoms with van der Waals surface area (Å²) in [7, 11) is 0. The molecule has 0 aliphatic carbocycles. The highest BCUT2D eigenvalue weighted by molar-refractivity contribution is 5.45. The van der Waals surface area contributed by atoms with Crippen molar-refractivity contribution in [2.24, 2.45) is 0 Å². The SMILES string of the molecule is N#Cc1cccc(Oc2ccc(COc3cc4n(c(=O)n3)CCN4)cc2C(F)(F)F)c1. The van der Waals surface area contributed by atoms with Crippen LogP contribution in [-0.2, 0) is 19.3 Å². The molecule has 1 aliphatic rings. The fourth-order valence-corrected chi connectivity index (χ4v) is 3.11. The van der Waals surface area contributed by atoms with Crippen LogP contribution in [-0.4, -0.2) is 16.1 Å². The Labute approximate surface area is 174 Å². The first-order chi connectivity index (χ1) is 14.8. The monoisotopic (exact) mass is 428 g/mol. The Kier molecular flexibility index (Phi) is 5.25. The first-order valence-electron chi connectivity index (χ1n) is 9.20. The first-order valence-corrected chi connectivity index (χ1v) is 9.20. The van der Waals surface area contributed by atoms with Crippen LogP contribution in [0, 0.1) is 11.3 Å². The molecule has 0 saturated heterocycles. The largest absolute Gasteiger partial charge is 0.473 e. The summed E-state index contributed by atoms with van der Waals surface area (Å²) < 4.78 is 53.1. The Hall–Kier alpha value is -4.00. The molecule has 2 aromatic carbocycles. The Morgan fingerprint density at radius 1 is 1.19 bits per heavy atom. The molecule has 3 aromatic rings. The van der Waals surface area contributed by atoms with Gasteiger partial charge in [0.25, 0.3) is 0 Å². The Bertz CT molecular complexity index is 1230. The highest BCUT2D eigenvalue weighted by Crippen LogP contribution is 2.39. The van der Waals surface area contributed by atoms with E-state index in [1.807, 2.05) is 6.07 Å². The Balaban J connectivity index is 1.56. The molecule has 0 spiro atoms. The number of hydrogen-bond donors (Lipinski definition) is 1. The number of ether oxygens (including phenoxy) is 2. The normalized spacial score (nSPS) is 12.6. The topological polar surface area (TPSA) is 89.2 Å². The molecule has 0 unspecified atom stereocenters. The molecule has 0 fully saturated rings. The van der Waals surface area contributed by atoms with Crippen LogP contribution < -0.4 is 20.5 Å². The van der Waals surface area contributed by atoms with E-state index in [4.69, 9.17) is 14.7 Å². The fourth-order valence-electron chi connectivity index (χ4n) is 3.11. The highest BCUT2D eigenvalue weighted by Gasteiger charge is 2.35. The number of nitrogens with one attached hydrogen (secondary N) is 1. The van der Waals surface area contributed by atoms with Crippen LogP contribution in [0.15, 0.2) is 53.3 Å². The third-order valence-corrected chi connectivity index (χ3v) is 4.56. The van der Waals surface area contributed by atoms with Gasteiger partial charge in [0.1, 0.15) is 23.9 Å². The summed E-state index contributed by atoms with van der Waals surface area (Å²) in [6, 6.07) is 12.8. The molecule has 0 saturated carbocycles. The highest BCUT2D eigenvalue weighted by atomic mass is 19.4. The molecule has 158 valence electrons. The van der Waals surface area contributed by atoms with E-state index in [1.165, 1.54) is 47.0 Å².